The van der Waals surface area contributed by atoms with Crippen LogP contribution in [0.25, 0.3) is 0 Å². The van der Waals surface area contributed by atoms with Gasteiger partial charge >= 0.3 is 12.2 Å². The van der Waals surface area contributed by atoms with Crippen molar-refractivity contribution in [2.45, 2.75) is 6.23 Å². The van der Waals surface area contributed by atoms with Crippen LogP contribution < -0.4 is 5.32 Å². The summed E-state index contributed by atoms with van der Waals surface area (Å²) >= 11 is 5.73. The SMILES string of the molecule is O=C(O)OC1COCN1C(=O)Nc1ccc(Cl)cc1. The lowest BCUT2D eigenvalue weighted by molar-refractivity contribution is 0.00953. The number of ether oxygens (including phenoxy) is 2. The monoisotopic (exact) mass is 286 g/mol. The van der Waals surface area contributed by atoms with Gasteiger partial charge in [-0.15, -0.1) is 0 Å². The van der Waals surface area contributed by atoms with E-state index < -0.39 is 18.4 Å². The first-order valence-electron chi connectivity index (χ1n) is 5.37. The second kappa shape index (κ2) is 5.77. The topological polar surface area (TPSA) is 88.1 Å². The Hall–Kier alpha value is -1.99. The van der Waals surface area contributed by atoms with Crippen molar-refractivity contribution in [3.05, 3.63) is 29.3 Å². The molecule has 1 aliphatic heterocycles. The lowest BCUT2D eigenvalue weighted by Gasteiger charge is -2.21. The van der Waals surface area contributed by atoms with E-state index in [4.69, 9.17) is 21.4 Å². The fraction of sp³-hybridized carbons (Fsp3) is 0.273. The first-order valence-corrected chi connectivity index (χ1v) is 5.74. The van der Waals surface area contributed by atoms with Gasteiger partial charge in [-0.2, -0.15) is 0 Å². The van der Waals surface area contributed by atoms with E-state index in [1.54, 1.807) is 24.3 Å². The van der Waals surface area contributed by atoms with Gasteiger partial charge in [-0.05, 0) is 24.3 Å². The summed E-state index contributed by atoms with van der Waals surface area (Å²) in [7, 11) is 0. The van der Waals surface area contributed by atoms with Crippen LogP contribution in [0.4, 0.5) is 15.3 Å². The van der Waals surface area contributed by atoms with Crippen LogP contribution in [-0.4, -0.2) is 41.8 Å². The number of urea groups is 1. The number of halogens is 1. The maximum absolute atomic E-state index is 11.9. The highest BCUT2D eigenvalue weighted by Crippen LogP contribution is 2.16. The Morgan fingerprint density at radius 2 is 2.11 bits per heavy atom. The molecule has 0 saturated carbocycles. The van der Waals surface area contributed by atoms with E-state index >= 15 is 0 Å². The van der Waals surface area contributed by atoms with Crippen LogP contribution in [0, 0.1) is 0 Å². The molecule has 1 aromatic carbocycles. The number of hydrogen-bond donors (Lipinski definition) is 2. The molecule has 7 nitrogen and oxygen atoms in total. The van der Waals surface area contributed by atoms with E-state index in [0.29, 0.717) is 10.7 Å². The molecule has 8 heteroatoms. The number of rotatable bonds is 2. The van der Waals surface area contributed by atoms with Crippen molar-refractivity contribution >= 4 is 29.5 Å². The third kappa shape index (κ3) is 3.49. The summed E-state index contributed by atoms with van der Waals surface area (Å²) in [6.45, 7) is -0.0162. The third-order valence-corrected chi connectivity index (χ3v) is 2.68. The van der Waals surface area contributed by atoms with Crippen molar-refractivity contribution in [3.63, 3.8) is 0 Å². The Kier molecular flexibility index (Phi) is 4.08. The number of benzene rings is 1. The predicted molar refractivity (Wildman–Crippen MR) is 66.0 cm³/mol. The molecule has 0 radical (unpaired) electrons. The molecule has 1 atom stereocenters. The largest absolute Gasteiger partial charge is 0.507 e. The second-order valence-electron chi connectivity index (χ2n) is 3.75. The van der Waals surface area contributed by atoms with Crippen molar-refractivity contribution in [1.29, 1.82) is 0 Å². The van der Waals surface area contributed by atoms with Gasteiger partial charge in [0.15, 0.2) is 0 Å². The average molecular weight is 287 g/mol. The summed E-state index contributed by atoms with van der Waals surface area (Å²) in [4.78, 5) is 23.5. The number of nitrogens with zero attached hydrogens (tertiary/aromatic N) is 1. The molecule has 1 aliphatic rings. The second-order valence-corrected chi connectivity index (χ2v) is 4.18. The minimum absolute atomic E-state index is 0.0142. The van der Waals surface area contributed by atoms with Gasteiger partial charge in [0, 0.05) is 10.7 Å². The minimum Gasteiger partial charge on any atom is -0.450 e. The molecule has 2 amide bonds. The van der Waals surface area contributed by atoms with E-state index in [1.165, 1.54) is 0 Å². The molecule has 2 N–H and O–H groups in total. The molecule has 102 valence electrons. The molecule has 0 bridgehead atoms. The highest BCUT2D eigenvalue weighted by molar-refractivity contribution is 6.30. The Labute approximate surface area is 113 Å². The number of hydrogen-bond acceptors (Lipinski definition) is 4. The number of anilines is 1. The highest BCUT2D eigenvalue weighted by Gasteiger charge is 2.32. The van der Waals surface area contributed by atoms with E-state index in [1.807, 2.05) is 0 Å². The zero-order chi connectivity index (χ0) is 13.8. The van der Waals surface area contributed by atoms with Crippen molar-refractivity contribution in [1.82, 2.24) is 4.90 Å². The smallest absolute Gasteiger partial charge is 0.450 e. The fourth-order valence-corrected chi connectivity index (χ4v) is 1.68. The van der Waals surface area contributed by atoms with E-state index in [2.05, 4.69) is 10.1 Å². The molecule has 0 aliphatic carbocycles. The molecule has 19 heavy (non-hydrogen) atoms. The summed E-state index contributed by atoms with van der Waals surface area (Å²) < 4.78 is 9.54. The lowest BCUT2D eigenvalue weighted by Crippen LogP contribution is -2.41. The quantitative estimate of drug-likeness (QED) is 0.814. The standard InChI is InChI=1S/C11H11ClN2O5/c12-7-1-3-8(4-2-7)13-10(15)14-6-18-5-9(14)19-11(16)17/h1-4,9H,5-6H2,(H,13,15)(H,16,17). The van der Waals surface area contributed by atoms with Gasteiger partial charge in [0.25, 0.3) is 0 Å². The lowest BCUT2D eigenvalue weighted by atomic mass is 10.3. The van der Waals surface area contributed by atoms with Gasteiger partial charge in [0.2, 0.25) is 6.23 Å². The first kappa shape index (κ1) is 13.4. The summed E-state index contributed by atoms with van der Waals surface area (Å²) in [5.74, 6) is 0. The van der Waals surface area contributed by atoms with Crippen LogP contribution in [0.5, 0.6) is 0 Å². The van der Waals surface area contributed by atoms with Crippen LogP contribution in [0.1, 0.15) is 0 Å². The number of nitrogens with one attached hydrogen (secondary N) is 1. The summed E-state index contributed by atoms with van der Waals surface area (Å²) in [6, 6.07) is 6.01. The Balaban J connectivity index is 1.98. The molecule has 1 aromatic rings. The fourth-order valence-electron chi connectivity index (χ4n) is 1.56. The summed E-state index contributed by atoms with van der Waals surface area (Å²) in [5.41, 5.74) is 0.537. The van der Waals surface area contributed by atoms with Crippen molar-refractivity contribution in [3.8, 4) is 0 Å². The maximum atomic E-state index is 11.9. The molecular weight excluding hydrogens is 276 g/mol. The molecule has 2 rings (SSSR count). The van der Waals surface area contributed by atoms with Gasteiger partial charge in [-0.3, -0.25) is 4.90 Å². The maximum Gasteiger partial charge on any atom is 0.507 e. The van der Waals surface area contributed by atoms with Crippen LogP contribution in [0.15, 0.2) is 24.3 Å². The Bertz CT molecular complexity index is 478. The van der Waals surface area contributed by atoms with Crippen LogP contribution in [-0.2, 0) is 9.47 Å². The zero-order valence-electron chi connectivity index (χ0n) is 9.71. The number of carboxylic acid groups (broad SMARTS) is 1. The molecular formula is C11H11ClN2O5. The molecule has 1 unspecified atom stereocenters. The zero-order valence-corrected chi connectivity index (χ0v) is 10.5. The molecule has 1 saturated heterocycles. The molecule has 0 spiro atoms. The minimum atomic E-state index is -1.46. The van der Waals surface area contributed by atoms with Gasteiger partial charge in [-0.1, -0.05) is 11.6 Å². The molecule has 1 fully saturated rings. The Morgan fingerprint density at radius 3 is 2.74 bits per heavy atom. The average Bonchev–Trinajstić information content (AvgIpc) is 2.79. The Morgan fingerprint density at radius 1 is 1.42 bits per heavy atom. The summed E-state index contributed by atoms with van der Waals surface area (Å²) in [5, 5.41) is 11.7. The van der Waals surface area contributed by atoms with Crippen LogP contribution in [0.3, 0.4) is 0 Å². The number of carbonyl (C=O) groups excluding carboxylic acids is 1. The normalized spacial score (nSPS) is 18.2. The summed E-state index contributed by atoms with van der Waals surface area (Å²) in [6.07, 6.45) is -2.40. The van der Waals surface area contributed by atoms with Crippen molar-refractivity contribution in [2.24, 2.45) is 0 Å². The highest BCUT2D eigenvalue weighted by atomic mass is 35.5. The van der Waals surface area contributed by atoms with Gasteiger partial charge in [0.1, 0.15) is 13.3 Å². The van der Waals surface area contributed by atoms with Gasteiger partial charge < -0.3 is 19.9 Å². The van der Waals surface area contributed by atoms with Crippen LogP contribution in [0.2, 0.25) is 5.02 Å². The molecule has 0 aromatic heterocycles. The van der Waals surface area contributed by atoms with Gasteiger partial charge in [-0.25, -0.2) is 9.59 Å². The molecule has 1 heterocycles. The van der Waals surface area contributed by atoms with Crippen molar-refractivity contribution in [2.75, 3.05) is 18.7 Å². The van der Waals surface area contributed by atoms with Crippen LogP contribution >= 0.6 is 11.6 Å². The van der Waals surface area contributed by atoms with E-state index in [0.717, 1.165) is 4.90 Å². The van der Waals surface area contributed by atoms with Crippen molar-refractivity contribution < 1.29 is 24.2 Å². The predicted octanol–water partition coefficient (Wildman–Crippen LogP) is 2.18. The van der Waals surface area contributed by atoms with E-state index in [-0.39, 0.29) is 13.3 Å². The third-order valence-electron chi connectivity index (χ3n) is 2.43. The van der Waals surface area contributed by atoms with Gasteiger partial charge in [0.05, 0.1) is 0 Å². The number of amides is 2. The number of carbonyl (C=O) groups is 2. The van der Waals surface area contributed by atoms with E-state index in [9.17, 15) is 9.59 Å². The first-order chi connectivity index (χ1) is 9.06.